The van der Waals surface area contributed by atoms with Gasteiger partial charge in [-0.2, -0.15) is 0 Å². The van der Waals surface area contributed by atoms with Crippen molar-refractivity contribution in [1.29, 1.82) is 0 Å². The van der Waals surface area contributed by atoms with Gasteiger partial charge in [0, 0.05) is 30.2 Å². The molecule has 130 valence electrons. The Hall–Kier alpha value is -1.11. The molecule has 0 aliphatic carbocycles. The molecule has 1 aromatic rings. The van der Waals surface area contributed by atoms with Gasteiger partial charge in [-0.15, -0.1) is 24.2 Å². The second kappa shape index (κ2) is 9.90. The van der Waals surface area contributed by atoms with E-state index in [-0.39, 0.29) is 18.3 Å². The van der Waals surface area contributed by atoms with E-state index >= 15 is 0 Å². The second-order valence-corrected chi connectivity index (χ2v) is 6.51. The number of nitrogens with zero attached hydrogens (tertiary/aromatic N) is 1. The van der Waals surface area contributed by atoms with Gasteiger partial charge in [-0.3, -0.25) is 4.79 Å². The van der Waals surface area contributed by atoms with Crippen LogP contribution in [0.3, 0.4) is 0 Å². The van der Waals surface area contributed by atoms with Gasteiger partial charge in [0.15, 0.2) is 11.5 Å². The number of carbonyl (C=O) groups excluding carboxylic acids is 1. The minimum Gasteiger partial charge on any atom is -0.493 e. The highest BCUT2D eigenvalue weighted by molar-refractivity contribution is 7.99. The van der Waals surface area contributed by atoms with Crippen LogP contribution in [0.4, 0.5) is 0 Å². The van der Waals surface area contributed by atoms with Crippen LogP contribution in [-0.2, 0) is 4.79 Å². The first kappa shape index (κ1) is 19.9. The zero-order chi connectivity index (χ0) is 15.9. The van der Waals surface area contributed by atoms with Gasteiger partial charge >= 0.3 is 0 Å². The van der Waals surface area contributed by atoms with Crippen molar-refractivity contribution >= 4 is 30.1 Å². The van der Waals surface area contributed by atoms with E-state index in [0.29, 0.717) is 30.4 Å². The van der Waals surface area contributed by atoms with Gasteiger partial charge in [-0.05, 0) is 37.1 Å². The van der Waals surface area contributed by atoms with Gasteiger partial charge in [0.1, 0.15) is 0 Å². The van der Waals surface area contributed by atoms with E-state index in [4.69, 9.17) is 15.2 Å². The van der Waals surface area contributed by atoms with Gasteiger partial charge in [-0.25, -0.2) is 0 Å². The Morgan fingerprint density at radius 3 is 2.70 bits per heavy atom. The van der Waals surface area contributed by atoms with E-state index in [0.717, 1.165) is 30.2 Å². The molecule has 1 fully saturated rings. The second-order valence-electron chi connectivity index (χ2n) is 5.35. The number of carbonyl (C=O) groups is 1. The molecule has 2 rings (SSSR count). The predicted molar refractivity (Wildman–Crippen MR) is 95.9 cm³/mol. The normalized spacial score (nSPS) is 16.8. The van der Waals surface area contributed by atoms with Crippen LogP contribution in [0.5, 0.6) is 11.5 Å². The van der Waals surface area contributed by atoms with Crippen LogP contribution in [-0.4, -0.2) is 50.4 Å². The van der Waals surface area contributed by atoms with Crippen molar-refractivity contribution in [2.75, 3.05) is 39.6 Å². The number of hydrogen-bond donors (Lipinski definition) is 1. The molecule has 0 saturated carbocycles. The number of thioether (sulfide) groups is 1. The summed E-state index contributed by atoms with van der Waals surface area (Å²) in [6.07, 6.45) is 1.58. The Kier molecular flexibility index (Phi) is 8.58. The van der Waals surface area contributed by atoms with Crippen molar-refractivity contribution in [2.45, 2.75) is 17.7 Å². The fourth-order valence-corrected chi connectivity index (χ4v) is 3.44. The van der Waals surface area contributed by atoms with Crippen molar-refractivity contribution in [3.63, 3.8) is 0 Å². The van der Waals surface area contributed by atoms with Crippen molar-refractivity contribution in [3.05, 3.63) is 18.2 Å². The lowest BCUT2D eigenvalue weighted by Gasteiger charge is -2.16. The van der Waals surface area contributed by atoms with E-state index < -0.39 is 0 Å². The maximum absolute atomic E-state index is 12.1. The molecule has 0 spiro atoms. The highest BCUT2D eigenvalue weighted by atomic mass is 35.5. The number of benzene rings is 1. The first-order valence-electron chi connectivity index (χ1n) is 7.50. The lowest BCUT2D eigenvalue weighted by molar-refractivity contribution is -0.129. The van der Waals surface area contributed by atoms with Gasteiger partial charge in [0.05, 0.1) is 14.2 Å². The molecule has 1 saturated heterocycles. The van der Waals surface area contributed by atoms with E-state index in [9.17, 15) is 4.79 Å². The van der Waals surface area contributed by atoms with Crippen LogP contribution in [0, 0.1) is 5.92 Å². The van der Waals surface area contributed by atoms with E-state index in [1.54, 1.807) is 26.0 Å². The van der Waals surface area contributed by atoms with Crippen molar-refractivity contribution in [2.24, 2.45) is 11.7 Å². The molecule has 1 aliphatic heterocycles. The molecular weight excluding hydrogens is 336 g/mol. The molecule has 1 amide bonds. The smallest absolute Gasteiger partial charge is 0.223 e. The maximum Gasteiger partial charge on any atom is 0.223 e. The molecule has 1 aromatic carbocycles. The monoisotopic (exact) mass is 360 g/mol. The maximum atomic E-state index is 12.1. The van der Waals surface area contributed by atoms with Crippen LogP contribution in [0.15, 0.2) is 23.1 Å². The van der Waals surface area contributed by atoms with Crippen molar-refractivity contribution < 1.29 is 14.3 Å². The summed E-state index contributed by atoms with van der Waals surface area (Å²) < 4.78 is 10.5. The zero-order valence-corrected chi connectivity index (χ0v) is 15.3. The summed E-state index contributed by atoms with van der Waals surface area (Å²) in [7, 11) is 3.24. The highest BCUT2D eigenvalue weighted by Gasteiger charge is 2.24. The molecule has 1 heterocycles. The quantitative estimate of drug-likeness (QED) is 0.756. The molecule has 2 N–H and O–H groups in total. The Morgan fingerprint density at radius 2 is 2.09 bits per heavy atom. The highest BCUT2D eigenvalue weighted by Crippen LogP contribution is 2.32. The summed E-state index contributed by atoms with van der Waals surface area (Å²) in [6.45, 7) is 2.34. The van der Waals surface area contributed by atoms with Crippen LogP contribution in [0.25, 0.3) is 0 Å². The predicted octanol–water partition coefficient (Wildman–Crippen LogP) is 2.42. The van der Waals surface area contributed by atoms with Gasteiger partial charge in [0.25, 0.3) is 0 Å². The molecule has 7 heteroatoms. The number of amides is 1. The summed E-state index contributed by atoms with van der Waals surface area (Å²) in [4.78, 5) is 15.2. The number of rotatable bonds is 7. The molecular formula is C16H25ClN2O3S. The number of ether oxygens (including phenoxy) is 2. The van der Waals surface area contributed by atoms with Crippen LogP contribution in [0.2, 0.25) is 0 Å². The number of likely N-dealkylation sites (tertiary alicyclic amines) is 1. The summed E-state index contributed by atoms with van der Waals surface area (Å²) in [5, 5.41) is 0. The summed E-state index contributed by atoms with van der Waals surface area (Å²) >= 11 is 1.66. The minimum atomic E-state index is 0. The van der Waals surface area contributed by atoms with Gasteiger partial charge in [-0.1, -0.05) is 0 Å². The summed E-state index contributed by atoms with van der Waals surface area (Å²) in [5.74, 6) is 2.89. The average molecular weight is 361 g/mol. The average Bonchev–Trinajstić information content (AvgIpc) is 3.03. The number of hydrogen-bond acceptors (Lipinski definition) is 5. The molecule has 1 aliphatic rings. The Morgan fingerprint density at radius 1 is 1.35 bits per heavy atom. The lowest BCUT2D eigenvalue weighted by atomic mass is 10.1. The molecule has 1 atom stereocenters. The molecule has 5 nitrogen and oxygen atoms in total. The third-order valence-corrected chi connectivity index (χ3v) is 4.91. The number of methoxy groups -OCH3 is 2. The number of halogens is 1. The third kappa shape index (κ3) is 5.48. The van der Waals surface area contributed by atoms with Crippen LogP contribution < -0.4 is 15.2 Å². The van der Waals surface area contributed by atoms with Gasteiger partial charge in [0.2, 0.25) is 5.91 Å². The number of nitrogens with two attached hydrogens (primary N) is 1. The lowest BCUT2D eigenvalue weighted by Crippen LogP contribution is -2.30. The third-order valence-electron chi connectivity index (χ3n) is 3.91. The van der Waals surface area contributed by atoms with Gasteiger partial charge < -0.3 is 20.1 Å². The first-order valence-corrected chi connectivity index (χ1v) is 8.49. The fourth-order valence-electron chi connectivity index (χ4n) is 2.57. The summed E-state index contributed by atoms with van der Waals surface area (Å²) in [6, 6.07) is 5.81. The van der Waals surface area contributed by atoms with E-state index in [2.05, 4.69) is 0 Å². The largest absolute Gasteiger partial charge is 0.493 e. The minimum absolute atomic E-state index is 0. The topological polar surface area (TPSA) is 64.8 Å². The Balaban J connectivity index is 0.00000264. The van der Waals surface area contributed by atoms with Crippen LogP contribution >= 0.6 is 24.2 Å². The Labute approximate surface area is 148 Å². The Bertz CT molecular complexity index is 516. The first-order chi connectivity index (χ1) is 10.7. The molecule has 1 unspecified atom stereocenters. The van der Waals surface area contributed by atoms with Crippen molar-refractivity contribution in [3.8, 4) is 11.5 Å². The molecule has 0 radical (unpaired) electrons. The standard InChI is InChI=1S/C16H24N2O3S.ClH/c1-20-14-4-3-13(9-15(14)21-2)22-8-6-16(19)18-7-5-12(10-17)11-18;/h3-4,9,12H,5-8,10-11,17H2,1-2H3;1H. The molecule has 23 heavy (non-hydrogen) atoms. The molecule has 0 bridgehead atoms. The summed E-state index contributed by atoms with van der Waals surface area (Å²) in [5.41, 5.74) is 5.66. The van der Waals surface area contributed by atoms with Crippen LogP contribution in [0.1, 0.15) is 12.8 Å². The van der Waals surface area contributed by atoms with E-state index in [1.165, 1.54) is 0 Å². The fraction of sp³-hybridized carbons (Fsp3) is 0.562. The SMILES string of the molecule is COc1ccc(SCCC(=O)N2CCC(CN)C2)cc1OC.Cl. The zero-order valence-electron chi connectivity index (χ0n) is 13.6. The van der Waals surface area contributed by atoms with Crippen molar-refractivity contribution in [1.82, 2.24) is 4.90 Å². The van der Waals surface area contributed by atoms with E-state index in [1.807, 2.05) is 23.1 Å². The molecule has 0 aromatic heterocycles.